The zero-order valence-electron chi connectivity index (χ0n) is 8.73. The number of isocyanates is 1. The van der Waals surface area contributed by atoms with Crippen molar-refractivity contribution in [3.63, 3.8) is 0 Å². The Morgan fingerprint density at radius 3 is 2.71 bits per heavy atom. The maximum Gasteiger partial charge on any atom is 0.234 e. The number of nitrogens with zero attached hydrogens (tertiary/aromatic N) is 1. The van der Waals surface area contributed by atoms with E-state index < -0.39 is 0 Å². The second kappa shape index (κ2) is 5.91. The minimum Gasteiger partial charge on any atom is -0.381 e. The van der Waals surface area contributed by atoms with E-state index in [9.17, 15) is 4.79 Å². The lowest BCUT2D eigenvalue weighted by Gasteiger charge is -2.33. The van der Waals surface area contributed by atoms with Crippen molar-refractivity contribution in [3.05, 3.63) is 0 Å². The topological polar surface area (TPSA) is 47.9 Å². The number of aliphatic imine (C=N–C) groups is 1. The first kappa shape index (κ1) is 11.4. The van der Waals surface area contributed by atoms with Gasteiger partial charge >= 0.3 is 0 Å². The Hall–Kier alpha value is -0.700. The molecule has 0 aromatic heterocycles. The van der Waals surface area contributed by atoms with Crippen LogP contribution >= 0.6 is 0 Å². The minimum atomic E-state index is 0.158. The Balaban J connectivity index is 2.47. The summed E-state index contributed by atoms with van der Waals surface area (Å²) in [5.74, 6) is 0.341. The van der Waals surface area contributed by atoms with Gasteiger partial charge in [0.25, 0.3) is 0 Å². The van der Waals surface area contributed by atoms with Crippen molar-refractivity contribution < 1.29 is 14.3 Å². The third-order valence-electron chi connectivity index (χ3n) is 2.91. The first-order valence-electron chi connectivity index (χ1n) is 4.91. The van der Waals surface area contributed by atoms with Gasteiger partial charge in [-0.25, -0.2) is 9.79 Å². The molecular weight excluding hydrogens is 182 g/mol. The third kappa shape index (κ3) is 2.91. The highest BCUT2D eigenvalue weighted by molar-refractivity contribution is 5.32. The van der Waals surface area contributed by atoms with E-state index in [0.717, 1.165) is 19.3 Å². The van der Waals surface area contributed by atoms with Gasteiger partial charge in [0.05, 0.1) is 18.8 Å². The van der Waals surface area contributed by atoms with Gasteiger partial charge in [-0.2, -0.15) is 0 Å². The number of hydrogen-bond donors (Lipinski definition) is 0. The summed E-state index contributed by atoms with van der Waals surface area (Å²) < 4.78 is 10.7. The van der Waals surface area contributed by atoms with E-state index in [4.69, 9.17) is 9.47 Å². The van der Waals surface area contributed by atoms with Crippen molar-refractivity contribution in [2.24, 2.45) is 10.9 Å². The van der Waals surface area contributed by atoms with Gasteiger partial charge in [0.2, 0.25) is 6.08 Å². The maximum absolute atomic E-state index is 10.0. The molecule has 3 unspecified atom stereocenters. The van der Waals surface area contributed by atoms with Crippen molar-refractivity contribution in [3.8, 4) is 0 Å². The third-order valence-corrected chi connectivity index (χ3v) is 2.91. The predicted molar refractivity (Wildman–Crippen MR) is 51.9 cm³/mol. The second-order valence-corrected chi connectivity index (χ2v) is 3.64. The zero-order chi connectivity index (χ0) is 10.4. The molecule has 0 bridgehead atoms. The Labute approximate surface area is 84.3 Å². The fraction of sp³-hybridized carbons (Fsp3) is 0.900. The Morgan fingerprint density at radius 2 is 2.14 bits per heavy atom. The SMILES string of the molecule is COC1CCC(CN=C=O)C(OC)C1. The molecule has 4 nitrogen and oxygen atoms in total. The molecule has 0 saturated heterocycles. The zero-order valence-corrected chi connectivity index (χ0v) is 8.73. The van der Waals surface area contributed by atoms with Gasteiger partial charge in [0.1, 0.15) is 0 Å². The highest BCUT2D eigenvalue weighted by Gasteiger charge is 2.30. The lowest BCUT2D eigenvalue weighted by atomic mass is 9.84. The van der Waals surface area contributed by atoms with E-state index in [0.29, 0.717) is 12.5 Å². The average molecular weight is 199 g/mol. The predicted octanol–water partition coefficient (Wildman–Crippen LogP) is 1.15. The van der Waals surface area contributed by atoms with Gasteiger partial charge < -0.3 is 9.47 Å². The number of hydrogen-bond acceptors (Lipinski definition) is 4. The highest BCUT2D eigenvalue weighted by Crippen LogP contribution is 2.28. The first-order chi connectivity index (χ1) is 6.81. The molecular formula is C10H17NO3. The van der Waals surface area contributed by atoms with Gasteiger partial charge in [-0.05, 0) is 12.8 Å². The molecule has 3 atom stereocenters. The first-order valence-corrected chi connectivity index (χ1v) is 4.91. The number of ether oxygens (including phenoxy) is 2. The molecule has 14 heavy (non-hydrogen) atoms. The molecule has 80 valence electrons. The summed E-state index contributed by atoms with van der Waals surface area (Å²) >= 11 is 0. The van der Waals surface area contributed by atoms with Crippen LogP contribution in [0.25, 0.3) is 0 Å². The average Bonchev–Trinajstić information content (AvgIpc) is 2.26. The van der Waals surface area contributed by atoms with Crippen LogP contribution < -0.4 is 0 Å². The van der Waals surface area contributed by atoms with E-state index in [1.807, 2.05) is 0 Å². The fourth-order valence-electron chi connectivity index (χ4n) is 2.02. The molecule has 1 fully saturated rings. The standard InChI is InChI=1S/C10H17NO3/c1-13-9-4-3-8(6-11-7-12)10(5-9)14-2/h8-10H,3-6H2,1-2H3. The van der Waals surface area contributed by atoms with Crippen LogP contribution in [0.15, 0.2) is 4.99 Å². The summed E-state index contributed by atoms with van der Waals surface area (Å²) in [6.07, 6.45) is 4.94. The van der Waals surface area contributed by atoms with Crippen molar-refractivity contribution in [2.45, 2.75) is 31.5 Å². The van der Waals surface area contributed by atoms with Gasteiger partial charge in [-0.1, -0.05) is 0 Å². The summed E-state index contributed by atoms with van der Waals surface area (Å²) in [7, 11) is 3.42. The van der Waals surface area contributed by atoms with Crippen molar-refractivity contribution >= 4 is 6.08 Å². The Bertz CT molecular complexity index is 213. The smallest absolute Gasteiger partial charge is 0.234 e. The van der Waals surface area contributed by atoms with Crippen molar-refractivity contribution in [2.75, 3.05) is 20.8 Å². The van der Waals surface area contributed by atoms with Gasteiger partial charge in [0.15, 0.2) is 0 Å². The second-order valence-electron chi connectivity index (χ2n) is 3.64. The van der Waals surface area contributed by atoms with Crippen LogP contribution in [0.3, 0.4) is 0 Å². The maximum atomic E-state index is 10.0. The van der Waals surface area contributed by atoms with E-state index in [-0.39, 0.29) is 12.2 Å². The van der Waals surface area contributed by atoms with Crippen LogP contribution in [0.1, 0.15) is 19.3 Å². The number of carbonyl (C=O) groups excluding carboxylic acids is 1. The summed E-state index contributed by atoms with van der Waals surface area (Å²) in [6, 6.07) is 0. The molecule has 1 aliphatic carbocycles. The minimum absolute atomic E-state index is 0.158. The van der Waals surface area contributed by atoms with Crippen LogP contribution in [0, 0.1) is 5.92 Å². The molecule has 0 amide bonds. The largest absolute Gasteiger partial charge is 0.381 e. The van der Waals surface area contributed by atoms with Gasteiger partial charge in [-0.15, -0.1) is 0 Å². The highest BCUT2D eigenvalue weighted by atomic mass is 16.5. The molecule has 1 saturated carbocycles. The molecule has 0 spiro atoms. The Morgan fingerprint density at radius 1 is 1.36 bits per heavy atom. The molecule has 0 aromatic rings. The summed E-state index contributed by atoms with van der Waals surface area (Å²) in [5, 5.41) is 0. The molecule has 0 heterocycles. The molecule has 0 N–H and O–H groups in total. The van der Waals surface area contributed by atoms with E-state index in [2.05, 4.69) is 4.99 Å². The molecule has 0 radical (unpaired) electrons. The van der Waals surface area contributed by atoms with E-state index in [1.54, 1.807) is 20.3 Å². The van der Waals surface area contributed by atoms with Crippen molar-refractivity contribution in [1.82, 2.24) is 0 Å². The lowest BCUT2D eigenvalue weighted by Crippen LogP contribution is -2.35. The summed E-state index contributed by atoms with van der Waals surface area (Å²) in [4.78, 5) is 13.6. The number of rotatable bonds is 4. The molecule has 0 aromatic carbocycles. The van der Waals surface area contributed by atoms with Crippen LogP contribution in [-0.4, -0.2) is 39.1 Å². The Kier molecular flexibility index (Phi) is 4.80. The quantitative estimate of drug-likeness (QED) is 0.504. The lowest BCUT2D eigenvalue weighted by molar-refractivity contribution is -0.0384. The van der Waals surface area contributed by atoms with E-state index in [1.165, 1.54) is 0 Å². The van der Waals surface area contributed by atoms with Crippen LogP contribution in [-0.2, 0) is 14.3 Å². The van der Waals surface area contributed by atoms with Gasteiger partial charge in [-0.3, -0.25) is 0 Å². The van der Waals surface area contributed by atoms with E-state index >= 15 is 0 Å². The van der Waals surface area contributed by atoms with Crippen LogP contribution in [0.2, 0.25) is 0 Å². The molecule has 4 heteroatoms. The molecule has 1 rings (SSSR count). The normalized spacial score (nSPS) is 32.3. The summed E-state index contributed by atoms with van der Waals surface area (Å²) in [5.41, 5.74) is 0. The monoisotopic (exact) mass is 199 g/mol. The molecule has 1 aliphatic rings. The fourth-order valence-corrected chi connectivity index (χ4v) is 2.02. The van der Waals surface area contributed by atoms with Gasteiger partial charge in [0, 0.05) is 26.6 Å². The summed E-state index contributed by atoms with van der Waals surface area (Å²) in [6.45, 7) is 0.526. The molecule has 0 aliphatic heterocycles. The number of methoxy groups -OCH3 is 2. The van der Waals surface area contributed by atoms with Crippen LogP contribution in [0.5, 0.6) is 0 Å². The van der Waals surface area contributed by atoms with Crippen LogP contribution in [0.4, 0.5) is 0 Å². The van der Waals surface area contributed by atoms with Crippen molar-refractivity contribution in [1.29, 1.82) is 0 Å².